The van der Waals surface area contributed by atoms with E-state index in [1.165, 1.54) is 9.47 Å². The summed E-state index contributed by atoms with van der Waals surface area (Å²) in [5, 5.41) is 2.86. The van der Waals surface area contributed by atoms with Crippen molar-refractivity contribution in [1.82, 2.24) is 14.5 Å². The smallest absolute Gasteiger partial charge is 0.330 e. The second-order valence-corrected chi connectivity index (χ2v) is 8.10. The number of amides is 2. The van der Waals surface area contributed by atoms with Gasteiger partial charge in [0, 0.05) is 18.8 Å². The Bertz CT molecular complexity index is 1120. The van der Waals surface area contributed by atoms with E-state index in [1.807, 2.05) is 39.0 Å². The summed E-state index contributed by atoms with van der Waals surface area (Å²) < 4.78 is 1.28. The number of unbranched alkanes of at least 4 members (excludes halogenated alkanes) is 1. The van der Waals surface area contributed by atoms with E-state index in [0.717, 1.165) is 23.2 Å². The van der Waals surface area contributed by atoms with Crippen LogP contribution in [0, 0.1) is 13.8 Å². The van der Waals surface area contributed by atoms with E-state index in [9.17, 15) is 19.2 Å². The number of H-pyrrole nitrogens is 1. The number of likely N-dealkylation sites (N-methyl/N-ethyl adjacent to an activating group) is 2. The van der Waals surface area contributed by atoms with Gasteiger partial charge in [-0.1, -0.05) is 25.5 Å². The predicted octanol–water partition coefficient (Wildman–Crippen LogP) is 1.46. The van der Waals surface area contributed by atoms with Crippen LogP contribution in [0.25, 0.3) is 0 Å². The fraction of sp³-hybridized carbons (Fsp3) is 0.478. The van der Waals surface area contributed by atoms with Crippen LogP contribution in [-0.4, -0.2) is 52.9 Å². The maximum atomic E-state index is 13.0. The molecule has 1 aromatic carbocycles. The Balaban J connectivity index is 2.14. The van der Waals surface area contributed by atoms with Gasteiger partial charge in [0.2, 0.25) is 11.8 Å². The van der Waals surface area contributed by atoms with E-state index in [0.29, 0.717) is 13.0 Å². The Labute approximate surface area is 193 Å². The second kappa shape index (κ2) is 11.5. The van der Waals surface area contributed by atoms with E-state index in [4.69, 9.17) is 5.73 Å². The molecule has 10 nitrogen and oxygen atoms in total. The number of aryl methyl sites for hydroxylation is 1. The fourth-order valence-electron chi connectivity index (χ4n) is 3.53. The molecule has 1 aromatic heterocycles. The predicted molar refractivity (Wildman–Crippen MR) is 131 cm³/mol. The van der Waals surface area contributed by atoms with Crippen molar-refractivity contribution in [3.8, 4) is 0 Å². The first-order chi connectivity index (χ1) is 15.6. The topological polar surface area (TPSA) is 134 Å². The summed E-state index contributed by atoms with van der Waals surface area (Å²) in [6, 6.07) is 5.66. The number of anilines is 3. The third-order valence-electron chi connectivity index (χ3n) is 5.53. The molecule has 1 heterocycles. The van der Waals surface area contributed by atoms with Gasteiger partial charge in [-0.2, -0.15) is 0 Å². The molecule has 0 unspecified atom stereocenters. The van der Waals surface area contributed by atoms with Gasteiger partial charge in [0.25, 0.3) is 5.56 Å². The minimum Gasteiger partial charge on any atom is -0.383 e. The molecule has 0 bridgehead atoms. The summed E-state index contributed by atoms with van der Waals surface area (Å²) in [7, 11) is 1.64. The minimum absolute atomic E-state index is 0.0154. The van der Waals surface area contributed by atoms with Gasteiger partial charge in [0.15, 0.2) is 5.69 Å². The van der Waals surface area contributed by atoms with Gasteiger partial charge in [0.1, 0.15) is 5.82 Å². The van der Waals surface area contributed by atoms with Crippen LogP contribution >= 0.6 is 0 Å². The standard InChI is InChI=1S/C23H34N6O4/c1-6-8-12-29-21(24)20(22(32)26-23(29)33)28(7-2)19(31)14-27(5)13-18(30)25-17-11-9-10-15(3)16(17)4/h9-11H,6-8,12-14,24H2,1-5H3,(H,25,30)(H,26,32,33). The molecule has 0 fully saturated rings. The monoisotopic (exact) mass is 458 g/mol. The number of hydrogen-bond acceptors (Lipinski definition) is 6. The van der Waals surface area contributed by atoms with Crippen LogP contribution in [0.15, 0.2) is 27.8 Å². The lowest BCUT2D eigenvalue weighted by Gasteiger charge is -2.25. The molecule has 0 spiro atoms. The molecule has 33 heavy (non-hydrogen) atoms. The molecule has 4 N–H and O–H groups in total. The molecule has 0 saturated heterocycles. The molecule has 2 rings (SSSR count). The highest BCUT2D eigenvalue weighted by molar-refractivity contribution is 5.97. The summed E-state index contributed by atoms with van der Waals surface area (Å²) in [5.74, 6) is -0.701. The van der Waals surface area contributed by atoms with Crippen LogP contribution in [0.5, 0.6) is 0 Å². The summed E-state index contributed by atoms with van der Waals surface area (Å²) in [6.45, 7) is 7.98. The van der Waals surface area contributed by atoms with Crippen LogP contribution in [0.1, 0.15) is 37.8 Å². The molecule has 0 atom stereocenters. The number of nitrogens with one attached hydrogen (secondary N) is 2. The van der Waals surface area contributed by atoms with Crippen molar-refractivity contribution in [1.29, 1.82) is 0 Å². The number of carbonyl (C=O) groups excluding carboxylic acids is 2. The lowest BCUT2D eigenvalue weighted by Crippen LogP contribution is -2.45. The summed E-state index contributed by atoms with van der Waals surface area (Å²) in [5.41, 5.74) is 7.55. The van der Waals surface area contributed by atoms with Gasteiger partial charge in [-0.25, -0.2) is 4.79 Å². The number of carbonyl (C=O) groups is 2. The molecule has 0 aliphatic heterocycles. The highest BCUT2D eigenvalue weighted by atomic mass is 16.2. The van der Waals surface area contributed by atoms with Gasteiger partial charge in [0.05, 0.1) is 13.1 Å². The highest BCUT2D eigenvalue weighted by Crippen LogP contribution is 2.19. The van der Waals surface area contributed by atoms with Crippen molar-refractivity contribution in [2.24, 2.45) is 0 Å². The second-order valence-electron chi connectivity index (χ2n) is 8.10. The quantitative estimate of drug-likeness (QED) is 0.494. The van der Waals surface area contributed by atoms with Crippen LogP contribution in [-0.2, 0) is 16.1 Å². The highest BCUT2D eigenvalue weighted by Gasteiger charge is 2.24. The first-order valence-electron chi connectivity index (χ1n) is 11.1. The number of nitrogen functional groups attached to an aromatic ring is 1. The molecule has 10 heteroatoms. The third kappa shape index (κ3) is 6.32. The minimum atomic E-state index is -0.712. The number of benzene rings is 1. The largest absolute Gasteiger partial charge is 0.383 e. The van der Waals surface area contributed by atoms with E-state index in [2.05, 4.69) is 10.3 Å². The van der Waals surface area contributed by atoms with Gasteiger partial charge < -0.3 is 16.0 Å². The van der Waals surface area contributed by atoms with E-state index < -0.39 is 17.2 Å². The normalized spacial score (nSPS) is 11.0. The Morgan fingerprint density at radius 3 is 2.48 bits per heavy atom. The molecule has 2 amide bonds. The van der Waals surface area contributed by atoms with Crippen molar-refractivity contribution in [3.05, 3.63) is 50.2 Å². The van der Waals surface area contributed by atoms with Gasteiger partial charge in [-0.15, -0.1) is 0 Å². The Morgan fingerprint density at radius 1 is 1.15 bits per heavy atom. The molecule has 0 aliphatic carbocycles. The van der Waals surface area contributed by atoms with Crippen LogP contribution in [0.3, 0.4) is 0 Å². The Kier molecular flexibility index (Phi) is 8.98. The van der Waals surface area contributed by atoms with Gasteiger partial charge in [-0.05, 0) is 51.4 Å². The van der Waals surface area contributed by atoms with E-state index in [-0.39, 0.29) is 37.0 Å². The lowest BCUT2D eigenvalue weighted by molar-refractivity contribution is -0.121. The summed E-state index contributed by atoms with van der Waals surface area (Å²) >= 11 is 0. The van der Waals surface area contributed by atoms with Gasteiger partial charge >= 0.3 is 5.69 Å². The zero-order valence-electron chi connectivity index (χ0n) is 20.0. The fourth-order valence-corrected chi connectivity index (χ4v) is 3.53. The average Bonchev–Trinajstić information content (AvgIpc) is 2.73. The molecule has 0 aliphatic rings. The van der Waals surface area contributed by atoms with Crippen molar-refractivity contribution in [3.63, 3.8) is 0 Å². The zero-order valence-corrected chi connectivity index (χ0v) is 20.0. The number of rotatable bonds is 10. The number of nitrogens with zero attached hydrogens (tertiary/aromatic N) is 3. The number of nitrogens with two attached hydrogens (primary N) is 1. The van der Waals surface area contributed by atoms with Crippen molar-refractivity contribution < 1.29 is 9.59 Å². The maximum Gasteiger partial charge on any atom is 0.330 e. The zero-order chi connectivity index (χ0) is 24.7. The van der Waals surface area contributed by atoms with Gasteiger partial charge in [-0.3, -0.25) is 28.8 Å². The number of aromatic nitrogens is 2. The lowest BCUT2D eigenvalue weighted by atomic mass is 10.1. The molecule has 2 aromatic rings. The van der Waals surface area contributed by atoms with Crippen LogP contribution < -0.4 is 27.2 Å². The maximum absolute atomic E-state index is 13.0. The molecule has 180 valence electrons. The van der Waals surface area contributed by atoms with Crippen molar-refractivity contribution in [2.45, 2.75) is 47.1 Å². The van der Waals surface area contributed by atoms with E-state index >= 15 is 0 Å². The molecular formula is C23H34N6O4. The molecular weight excluding hydrogens is 424 g/mol. The number of aromatic amines is 1. The van der Waals surface area contributed by atoms with E-state index in [1.54, 1.807) is 18.9 Å². The Morgan fingerprint density at radius 2 is 1.85 bits per heavy atom. The summed E-state index contributed by atoms with van der Waals surface area (Å²) in [4.78, 5) is 55.2. The van der Waals surface area contributed by atoms with Crippen LogP contribution in [0.2, 0.25) is 0 Å². The van der Waals surface area contributed by atoms with Crippen molar-refractivity contribution in [2.75, 3.05) is 42.6 Å². The average molecular weight is 459 g/mol. The summed E-state index contributed by atoms with van der Waals surface area (Å²) in [6.07, 6.45) is 1.54. The third-order valence-corrected chi connectivity index (χ3v) is 5.53. The Hall–Kier alpha value is -3.40. The first-order valence-corrected chi connectivity index (χ1v) is 11.1. The molecule has 0 saturated carbocycles. The number of hydrogen-bond donors (Lipinski definition) is 3. The SMILES string of the molecule is CCCCn1c(N)c(N(CC)C(=O)CN(C)CC(=O)Nc2cccc(C)c2C)c(=O)[nH]c1=O. The first kappa shape index (κ1) is 25.9. The van der Waals surface area contributed by atoms with Crippen molar-refractivity contribution >= 4 is 29.0 Å². The molecule has 0 radical (unpaired) electrons. The van der Waals surface area contributed by atoms with Crippen LogP contribution in [0.4, 0.5) is 17.2 Å².